The summed E-state index contributed by atoms with van der Waals surface area (Å²) in [5, 5.41) is 7.68. The minimum atomic E-state index is -0.396. The number of aryl methyl sites for hydroxylation is 1. The molecule has 6 nitrogen and oxygen atoms in total. The second-order valence-corrected chi connectivity index (χ2v) is 5.98. The lowest BCUT2D eigenvalue weighted by atomic mass is 9.97. The average Bonchev–Trinajstić information content (AvgIpc) is 3.16. The van der Waals surface area contributed by atoms with E-state index in [1.807, 2.05) is 37.6 Å². The predicted octanol–water partition coefficient (Wildman–Crippen LogP) is 1.39. The quantitative estimate of drug-likeness (QED) is 0.844. The summed E-state index contributed by atoms with van der Waals surface area (Å²) in [7, 11) is 1.91. The number of hydrogen-bond acceptors (Lipinski definition) is 4. The van der Waals surface area contributed by atoms with Crippen molar-refractivity contribution in [2.45, 2.75) is 19.1 Å². The van der Waals surface area contributed by atoms with E-state index in [2.05, 4.69) is 10.4 Å². The fourth-order valence-electron chi connectivity index (χ4n) is 3.03. The lowest BCUT2D eigenvalue weighted by Crippen LogP contribution is -2.24. The van der Waals surface area contributed by atoms with E-state index in [0.717, 1.165) is 30.7 Å². The molecule has 2 aromatic rings. The van der Waals surface area contributed by atoms with Gasteiger partial charge in [0, 0.05) is 50.0 Å². The number of aromatic nitrogens is 2. The van der Waals surface area contributed by atoms with Crippen LogP contribution in [0.4, 0.5) is 0 Å². The summed E-state index contributed by atoms with van der Waals surface area (Å²) in [6, 6.07) is 7.41. The van der Waals surface area contributed by atoms with Crippen molar-refractivity contribution in [3.8, 4) is 0 Å². The van der Waals surface area contributed by atoms with Crippen molar-refractivity contribution >= 4 is 5.91 Å². The second-order valence-electron chi connectivity index (χ2n) is 5.98. The van der Waals surface area contributed by atoms with Gasteiger partial charge in [-0.15, -0.1) is 0 Å². The third-order valence-electron chi connectivity index (χ3n) is 4.21. The van der Waals surface area contributed by atoms with Crippen LogP contribution in [0.2, 0.25) is 0 Å². The van der Waals surface area contributed by atoms with E-state index < -0.39 is 5.91 Å². The molecule has 1 aromatic heterocycles. The van der Waals surface area contributed by atoms with Crippen molar-refractivity contribution in [1.29, 1.82) is 0 Å². The van der Waals surface area contributed by atoms with Gasteiger partial charge in [0.05, 0.1) is 12.3 Å². The minimum absolute atomic E-state index is 0.105. The first kappa shape index (κ1) is 15.7. The maximum Gasteiger partial charge on any atom is 0.248 e. The molecule has 6 heteroatoms. The Hall–Kier alpha value is -2.18. The van der Waals surface area contributed by atoms with Gasteiger partial charge in [-0.3, -0.25) is 9.48 Å². The number of carbonyl (C=O) groups excluding carboxylic acids is 1. The van der Waals surface area contributed by atoms with Crippen LogP contribution in [-0.4, -0.2) is 28.8 Å². The van der Waals surface area contributed by atoms with E-state index in [0.29, 0.717) is 18.0 Å². The Bertz CT molecular complexity index is 683. The summed E-state index contributed by atoms with van der Waals surface area (Å²) in [5.41, 5.74) is 8.04. The molecule has 0 bridgehead atoms. The maximum atomic E-state index is 11.2. The summed E-state index contributed by atoms with van der Waals surface area (Å²) >= 11 is 0. The topological polar surface area (TPSA) is 82.2 Å². The van der Waals surface area contributed by atoms with Crippen LogP contribution in [0.1, 0.15) is 34.0 Å². The van der Waals surface area contributed by atoms with Crippen molar-refractivity contribution in [2.75, 3.05) is 13.2 Å². The van der Waals surface area contributed by atoms with Crippen LogP contribution in [0.25, 0.3) is 0 Å². The summed E-state index contributed by atoms with van der Waals surface area (Å²) in [5.74, 6) is 0.0335. The first-order chi connectivity index (χ1) is 11.1. The van der Waals surface area contributed by atoms with Crippen LogP contribution in [0.5, 0.6) is 0 Å². The first-order valence-electron chi connectivity index (χ1n) is 7.83. The number of nitrogens with one attached hydrogen (secondary N) is 1. The predicted molar refractivity (Wildman–Crippen MR) is 86.7 cm³/mol. The molecule has 23 heavy (non-hydrogen) atoms. The van der Waals surface area contributed by atoms with Gasteiger partial charge in [-0.05, 0) is 24.1 Å². The van der Waals surface area contributed by atoms with Crippen molar-refractivity contribution in [1.82, 2.24) is 15.1 Å². The fourth-order valence-corrected chi connectivity index (χ4v) is 3.03. The number of carbonyl (C=O) groups is 1. The third kappa shape index (κ3) is 3.78. The third-order valence-corrected chi connectivity index (χ3v) is 4.21. The normalized spacial score (nSPS) is 20.7. The Morgan fingerprint density at radius 1 is 1.52 bits per heavy atom. The lowest BCUT2D eigenvalue weighted by molar-refractivity contribution is 0.0904. The molecule has 2 heterocycles. The standard InChI is InChI=1S/C17H22N4O2/c1-21-11-15(10-20-21)16-14(5-6-23-16)9-19-8-12-3-2-4-13(7-12)17(18)22/h2-4,7,10-11,14,16,19H,5-6,8-9H2,1H3,(H2,18,22)/t14-,16-/m1/s1. The Morgan fingerprint density at radius 2 is 2.39 bits per heavy atom. The Kier molecular flexibility index (Phi) is 4.73. The van der Waals surface area contributed by atoms with Gasteiger partial charge in [0.2, 0.25) is 5.91 Å². The monoisotopic (exact) mass is 314 g/mol. The molecular weight excluding hydrogens is 292 g/mol. The molecule has 3 rings (SSSR count). The maximum absolute atomic E-state index is 11.2. The van der Waals surface area contributed by atoms with Crippen LogP contribution in [-0.2, 0) is 18.3 Å². The SMILES string of the molecule is Cn1cc([C@@H]2OCC[C@@H]2CNCc2cccc(C(N)=O)c2)cn1. The van der Waals surface area contributed by atoms with Crippen molar-refractivity contribution in [3.63, 3.8) is 0 Å². The van der Waals surface area contributed by atoms with Gasteiger partial charge < -0.3 is 15.8 Å². The number of benzene rings is 1. The van der Waals surface area contributed by atoms with Crippen LogP contribution in [0.3, 0.4) is 0 Å². The molecular formula is C17H22N4O2. The molecule has 0 spiro atoms. The van der Waals surface area contributed by atoms with Crippen LogP contribution < -0.4 is 11.1 Å². The number of rotatable bonds is 6. The number of primary amides is 1. The second kappa shape index (κ2) is 6.93. The summed E-state index contributed by atoms with van der Waals surface area (Å²) in [6.07, 6.45) is 5.03. The Labute approximate surface area is 135 Å². The van der Waals surface area contributed by atoms with Crippen LogP contribution >= 0.6 is 0 Å². The average molecular weight is 314 g/mol. The molecule has 0 radical (unpaired) electrons. The molecule has 0 unspecified atom stereocenters. The van der Waals surface area contributed by atoms with Gasteiger partial charge in [0.15, 0.2) is 0 Å². The van der Waals surface area contributed by atoms with Crippen LogP contribution in [0.15, 0.2) is 36.7 Å². The molecule has 0 saturated carbocycles. The van der Waals surface area contributed by atoms with E-state index in [4.69, 9.17) is 10.5 Å². The number of nitrogens with two attached hydrogens (primary N) is 1. The molecule has 1 saturated heterocycles. The summed E-state index contributed by atoms with van der Waals surface area (Å²) in [4.78, 5) is 11.2. The van der Waals surface area contributed by atoms with Crippen molar-refractivity contribution in [3.05, 3.63) is 53.3 Å². The molecule has 1 fully saturated rings. The van der Waals surface area contributed by atoms with E-state index >= 15 is 0 Å². The lowest BCUT2D eigenvalue weighted by Gasteiger charge is -2.18. The van der Waals surface area contributed by atoms with E-state index in [1.54, 1.807) is 10.7 Å². The Balaban J connectivity index is 1.55. The molecule has 2 atom stereocenters. The molecule has 1 aliphatic rings. The smallest absolute Gasteiger partial charge is 0.248 e. The minimum Gasteiger partial charge on any atom is -0.373 e. The first-order valence-corrected chi connectivity index (χ1v) is 7.83. The van der Waals surface area contributed by atoms with E-state index in [1.165, 1.54) is 0 Å². The van der Waals surface area contributed by atoms with Gasteiger partial charge in [-0.25, -0.2) is 0 Å². The highest BCUT2D eigenvalue weighted by Gasteiger charge is 2.30. The zero-order valence-corrected chi connectivity index (χ0v) is 13.2. The van der Waals surface area contributed by atoms with Crippen LogP contribution in [0, 0.1) is 5.92 Å². The molecule has 0 aliphatic carbocycles. The van der Waals surface area contributed by atoms with Gasteiger partial charge in [0.1, 0.15) is 0 Å². The zero-order chi connectivity index (χ0) is 16.2. The molecule has 122 valence electrons. The number of ether oxygens (including phenoxy) is 1. The summed E-state index contributed by atoms with van der Waals surface area (Å²) in [6.45, 7) is 2.35. The largest absolute Gasteiger partial charge is 0.373 e. The van der Waals surface area contributed by atoms with Gasteiger partial charge in [-0.2, -0.15) is 5.10 Å². The molecule has 1 aromatic carbocycles. The number of hydrogen-bond donors (Lipinski definition) is 2. The molecule has 1 amide bonds. The van der Waals surface area contributed by atoms with Gasteiger partial charge in [0.25, 0.3) is 0 Å². The van der Waals surface area contributed by atoms with E-state index in [9.17, 15) is 4.79 Å². The van der Waals surface area contributed by atoms with Crippen molar-refractivity contribution < 1.29 is 9.53 Å². The highest BCUT2D eigenvalue weighted by molar-refractivity contribution is 5.92. The summed E-state index contributed by atoms with van der Waals surface area (Å²) < 4.78 is 7.67. The number of nitrogens with zero attached hydrogens (tertiary/aromatic N) is 2. The highest BCUT2D eigenvalue weighted by atomic mass is 16.5. The Morgan fingerprint density at radius 3 is 3.13 bits per heavy atom. The number of amides is 1. The highest BCUT2D eigenvalue weighted by Crippen LogP contribution is 2.33. The zero-order valence-electron chi connectivity index (χ0n) is 13.2. The van der Waals surface area contributed by atoms with Gasteiger partial charge >= 0.3 is 0 Å². The van der Waals surface area contributed by atoms with Crippen molar-refractivity contribution in [2.24, 2.45) is 18.7 Å². The molecule has 1 aliphatic heterocycles. The van der Waals surface area contributed by atoms with E-state index in [-0.39, 0.29) is 6.10 Å². The molecule has 3 N–H and O–H groups in total. The fraction of sp³-hybridized carbons (Fsp3) is 0.412. The van der Waals surface area contributed by atoms with Gasteiger partial charge in [-0.1, -0.05) is 12.1 Å².